The number of hydrogen-bond donors (Lipinski definition) is 1. The highest BCUT2D eigenvalue weighted by Gasteiger charge is 2.18. The van der Waals surface area contributed by atoms with E-state index in [0.29, 0.717) is 0 Å². The number of amides is 1. The molecular formula is C12H23NO2. The van der Waals surface area contributed by atoms with E-state index in [0.717, 1.165) is 19.3 Å². The van der Waals surface area contributed by atoms with Crippen molar-refractivity contribution < 1.29 is 9.53 Å². The fourth-order valence-electron chi connectivity index (χ4n) is 1.27. The molecule has 0 aromatic carbocycles. The third-order valence-corrected chi connectivity index (χ3v) is 1.81. The second kappa shape index (κ2) is 6.49. The first kappa shape index (κ1) is 14.0. The molecule has 1 atom stereocenters. The number of rotatable bonds is 5. The summed E-state index contributed by atoms with van der Waals surface area (Å²) in [5, 5.41) is 2.84. The van der Waals surface area contributed by atoms with Gasteiger partial charge in [-0.1, -0.05) is 19.4 Å². The van der Waals surface area contributed by atoms with E-state index in [-0.39, 0.29) is 12.1 Å². The zero-order chi connectivity index (χ0) is 11.9. The largest absolute Gasteiger partial charge is 0.444 e. The van der Waals surface area contributed by atoms with Crippen molar-refractivity contribution in [1.82, 2.24) is 5.32 Å². The van der Waals surface area contributed by atoms with Gasteiger partial charge >= 0.3 is 6.09 Å². The van der Waals surface area contributed by atoms with Gasteiger partial charge in [0.2, 0.25) is 0 Å². The highest BCUT2D eigenvalue weighted by atomic mass is 16.6. The van der Waals surface area contributed by atoms with Gasteiger partial charge < -0.3 is 10.1 Å². The molecule has 0 aliphatic rings. The molecule has 0 spiro atoms. The molecule has 15 heavy (non-hydrogen) atoms. The molecule has 1 N–H and O–H groups in total. The van der Waals surface area contributed by atoms with Crippen molar-refractivity contribution in [2.45, 2.75) is 58.6 Å². The van der Waals surface area contributed by atoms with Gasteiger partial charge in [-0.05, 0) is 33.6 Å². The number of carbonyl (C=O) groups is 1. The molecule has 1 unspecified atom stereocenters. The van der Waals surface area contributed by atoms with Crippen molar-refractivity contribution in [2.75, 3.05) is 0 Å². The Bertz CT molecular complexity index is 206. The average molecular weight is 213 g/mol. The number of alkyl carbamates (subject to hydrolysis) is 1. The van der Waals surface area contributed by atoms with Crippen LogP contribution in [0, 0.1) is 0 Å². The van der Waals surface area contributed by atoms with Crippen LogP contribution in [0.15, 0.2) is 12.7 Å². The van der Waals surface area contributed by atoms with Crippen molar-refractivity contribution in [2.24, 2.45) is 0 Å². The lowest BCUT2D eigenvalue weighted by atomic mass is 10.1. The fraction of sp³-hybridized carbons (Fsp3) is 0.750. The lowest BCUT2D eigenvalue weighted by molar-refractivity contribution is 0.0502. The zero-order valence-electron chi connectivity index (χ0n) is 10.3. The van der Waals surface area contributed by atoms with Crippen molar-refractivity contribution in [3.8, 4) is 0 Å². The Morgan fingerprint density at radius 3 is 2.53 bits per heavy atom. The SMILES string of the molecule is C=CCC(CCC)NC(=O)OC(C)(C)C. The van der Waals surface area contributed by atoms with E-state index in [1.54, 1.807) is 0 Å². The van der Waals surface area contributed by atoms with Crippen LogP contribution in [0.4, 0.5) is 4.79 Å². The van der Waals surface area contributed by atoms with Gasteiger partial charge in [-0.3, -0.25) is 0 Å². The maximum absolute atomic E-state index is 11.5. The summed E-state index contributed by atoms with van der Waals surface area (Å²) in [5.41, 5.74) is -0.435. The van der Waals surface area contributed by atoms with Crippen LogP contribution in [0.5, 0.6) is 0 Å². The molecule has 0 fully saturated rings. The lowest BCUT2D eigenvalue weighted by Crippen LogP contribution is -2.38. The van der Waals surface area contributed by atoms with E-state index in [9.17, 15) is 4.79 Å². The number of hydrogen-bond acceptors (Lipinski definition) is 2. The second-order valence-electron chi connectivity index (χ2n) is 4.66. The van der Waals surface area contributed by atoms with Gasteiger partial charge in [0.15, 0.2) is 0 Å². The molecule has 0 radical (unpaired) electrons. The predicted molar refractivity (Wildman–Crippen MR) is 62.9 cm³/mol. The highest BCUT2D eigenvalue weighted by molar-refractivity contribution is 5.68. The predicted octanol–water partition coefficient (Wildman–Crippen LogP) is 3.26. The van der Waals surface area contributed by atoms with Crippen LogP contribution in [-0.4, -0.2) is 17.7 Å². The van der Waals surface area contributed by atoms with Crippen LogP contribution in [0.25, 0.3) is 0 Å². The van der Waals surface area contributed by atoms with Crippen molar-refractivity contribution in [3.63, 3.8) is 0 Å². The maximum Gasteiger partial charge on any atom is 0.407 e. The molecule has 0 aromatic rings. The Morgan fingerprint density at radius 1 is 1.53 bits per heavy atom. The Labute approximate surface area is 92.9 Å². The third-order valence-electron chi connectivity index (χ3n) is 1.81. The van der Waals surface area contributed by atoms with Crippen LogP contribution in [0.1, 0.15) is 47.0 Å². The summed E-state index contributed by atoms with van der Waals surface area (Å²) in [6.45, 7) is 11.3. The smallest absolute Gasteiger partial charge is 0.407 e. The minimum Gasteiger partial charge on any atom is -0.444 e. The van der Waals surface area contributed by atoms with Crippen LogP contribution in [-0.2, 0) is 4.74 Å². The molecular weight excluding hydrogens is 190 g/mol. The summed E-state index contributed by atoms with van der Waals surface area (Å²) in [7, 11) is 0. The molecule has 0 saturated carbocycles. The molecule has 0 heterocycles. The number of nitrogens with one attached hydrogen (secondary N) is 1. The molecule has 0 rings (SSSR count). The highest BCUT2D eigenvalue weighted by Crippen LogP contribution is 2.08. The molecule has 0 saturated heterocycles. The normalized spacial score (nSPS) is 13.1. The molecule has 1 amide bonds. The van der Waals surface area contributed by atoms with E-state index in [1.807, 2.05) is 26.8 Å². The topological polar surface area (TPSA) is 38.3 Å². The van der Waals surface area contributed by atoms with Gasteiger partial charge in [0.25, 0.3) is 0 Å². The molecule has 88 valence electrons. The van der Waals surface area contributed by atoms with Crippen LogP contribution >= 0.6 is 0 Å². The van der Waals surface area contributed by atoms with Gasteiger partial charge in [0.1, 0.15) is 5.60 Å². The van der Waals surface area contributed by atoms with Gasteiger partial charge in [-0.2, -0.15) is 0 Å². The first-order valence-electron chi connectivity index (χ1n) is 5.49. The monoisotopic (exact) mass is 213 g/mol. The van der Waals surface area contributed by atoms with Crippen LogP contribution in [0.3, 0.4) is 0 Å². The Morgan fingerprint density at radius 2 is 2.13 bits per heavy atom. The Hall–Kier alpha value is -0.990. The molecule has 0 aromatic heterocycles. The van der Waals surface area contributed by atoms with Gasteiger partial charge in [-0.15, -0.1) is 6.58 Å². The van der Waals surface area contributed by atoms with E-state index in [1.165, 1.54) is 0 Å². The summed E-state index contributed by atoms with van der Waals surface area (Å²) in [5.74, 6) is 0. The standard InChI is InChI=1S/C12H23NO2/c1-6-8-10(9-7-2)13-11(14)15-12(3,4)5/h6,10H,1,7-9H2,2-5H3,(H,13,14). The van der Waals surface area contributed by atoms with Gasteiger partial charge in [0.05, 0.1) is 0 Å². The first-order chi connectivity index (χ1) is 6.89. The Balaban J connectivity index is 4.04. The third kappa shape index (κ3) is 8.03. The summed E-state index contributed by atoms with van der Waals surface area (Å²) in [6, 6.07) is 0.141. The van der Waals surface area contributed by atoms with E-state index >= 15 is 0 Å². The average Bonchev–Trinajstić information content (AvgIpc) is 2.00. The number of carbonyl (C=O) groups excluding carboxylic acids is 1. The summed E-state index contributed by atoms with van der Waals surface area (Å²) >= 11 is 0. The van der Waals surface area contributed by atoms with Crippen molar-refractivity contribution in [1.29, 1.82) is 0 Å². The molecule has 0 bridgehead atoms. The zero-order valence-corrected chi connectivity index (χ0v) is 10.3. The molecule has 3 nitrogen and oxygen atoms in total. The van der Waals surface area contributed by atoms with E-state index < -0.39 is 5.60 Å². The fourth-order valence-corrected chi connectivity index (χ4v) is 1.27. The lowest BCUT2D eigenvalue weighted by Gasteiger charge is -2.22. The molecule has 3 heteroatoms. The van der Waals surface area contributed by atoms with Crippen molar-refractivity contribution in [3.05, 3.63) is 12.7 Å². The minimum atomic E-state index is -0.435. The van der Waals surface area contributed by atoms with Gasteiger partial charge in [0, 0.05) is 6.04 Å². The van der Waals surface area contributed by atoms with E-state index in [4.69, 9.17) is 4.74 Å². The molecule has 0 aliphatic heterocycles. The van der Waals surface area contributed by atoms with Crippen LogP contribution < -0.4 is 5.32 Å². The summed E-state index contributed by atoms with van der Waals surface area (Å²) in [4.78, 5) is 11.5. The molecule has 0 aliphatic carbocycles. The summed E-state index contributed by atoms with van der Waals surface area (Å²) in [6.07, 6.45) is 4.24. The van der Waals surface area contributed by atoms with Crippen molar-refractivity contribution >= 4 is 6.09 Å². The second-order valence-corrected chi connectivity index (χ2v) is 4.66. The number of ether oxygens (including phenoxy) is 1. The quantitative estimate of drug-likeness (QED) is 0.712. The minimum absolute atomic E-state index is 0.141. The van der Waals surface area contributed by atoms with Gasteiger partial charge in [-0.25, -0.2) is 4.79 Å². The van der Waals surface area contributed by atoms with Crippen LogP contribution in [0.2, 0.25) is 0 Å². The van der Waals surface area contributed by atoms with E-state index in [2.05, 4.69) is 18.8 Å². The first-order valence-corrected chi connectivity index (χ1v) is 5.49. The summed E-state index contributed by atoms with van der Waals surface area (Å²) < 4.78 is 5.18. The maximum atomic E-state index is 11.5. The Kier molecular flexibility index (Phi) is 6.06.